The number of thioether (sulfide) groups is 1. The molecule has 2 N–H and O–H groups in total. The van der Waals surface area contributed by atoms with Gasteiger partial charge in [0.05, 0.1) is 11.8 Å². The van der Waals surface area contributed by atoms with Gasteiger partial charge in [0, 0.05) is 20.1 Å². The van der Waals surface area contributed by atoms with Crippen LogP contribution in [0.15, 0.2) is 5.16 Å². The highest BCUT2D eigenvalue weighted by atomic mass is 32.2. The number of aromatic nitrogens is 3. The van der Waals surface area contributed by atoms with Crippen molar-refractivity contribution in [3.05, 3.63) is 5.82 Å². The van der Waals surface area contributed by atoms with Crippen molar-refractivity contribution in [2.75, 3.05) is 13.1 Å². The zero-order chi connectivity index (χ0) is 13.8. The minimum Gasteiger partial charge on any atom is -0.342 e. The van der Waals surface area contributed by atoms with Crippen LogP contribution in [0.5, 0.6) is 0 Å². The predicted molar refractivity (Wildman–Crippen MR) is 74.6 cm³/mol. The molecule has 2 rings (SSSR count). The Balaban J connectivity index is 1.97. The lowest BCUT2D eigenvalue weighted by Crippen LogP contribution is -2.40. The van der Waals surface area contributed by atoms with Crippen molar-refractivity contribution in [2.24, 2.45) is 12.8 Å². The van der Waals surface area contributed by atoms with Gasteiger partial charge in [-0.25, -0.2) is 0 Å². The molecule has 106 valence electrons. The van der Waals surface area contributed by atoms with Gasteiger partial charge in [0.25, 0.3) is 0 Å². The van der Waals surface area contributed by atoms with Crippen LogP contribution < -0.4 is 5.73 Å². The molecule has 1 aliphatic rings. The van der Waals surface area contributed by atoms with Gasteiger partial charge in [0.2, 0.25) is 5.91 Å². The minimum absolute atomic E-state index is 0.133. The fraction of sp³-hybridized carbons (Fsp3) is 0.750. The Morgan fingerprint density at radius 3 is 2.63 bits per heavy atom. The molecule has 1 unspecified atom stereocenters. The van der Waals surface area contributed by atoms with E-state index in [4.69, 9.17) is 5.73 Å². The van der Waals surface area contributed by atoms with E-state index >= 15 is 0 Å². The number of nitrogens with two attached hydrogens (primary N) is 1. The van der Waals surface area contributed by atoms with Crippen LogP contribution in [0.1, 0.15) is 32.0 Å². The Morgan fingerprint density at radius 1 is 1.37 bits per heavy atom. The van der Waals surface area contributed by atoms with E-state index < -0.39 is 0 Å². The van der Waals surface area contributed by atoms with E-state index in [1.54, 1.807) is 0 Å². The second-order valence-electron chi connectivity index (χ2n) is 4.81. The average molecular weight is 283 g/mol. The Labute approximate surface area is 117 Å². The summed E-state index contributed by atoms with van der Waals surface area (Å²) in [4.78, 5) is 14.3. The van der Waals surface area contributed by atoms with Gasteiger partial charge in [-0.2, -0.15) is 0 Å². The quantitative estimate of drug-likeness (QED) is 0.826. The number of carbonyl (C=O) groups is 1. The fourth-order valence-corrected chi connectivity index (χ4v) is 3.12. The fourth-order valence-electron chi connectivity index (χ4n) is 2.21. The van der Waals surface area contributed by atoms with Gasteiger partial charge >= 0.3 is 0 Å². The molecule has 0 aliphatic carbocycles. The summed E-state index contributed by atoms with van der Waals surface area (Å²) in [5.41, 5.74) is 5.56. The van der Waals surface area contributed by atoms with E-state index in [2.05, 4.69) is 10.2 Å². The normalized spacial score (nSPS) is 17.5. The molecule has 0 aromatic carbocycles. The Kier molecular flexibility index (Phi) is 4.81. The van der Waals surface area contributed by atoms with E-state index in [1.165, 1.54) is 18.2 Å². The van der Waals surface area contributed by atoms with Crippen LogP contribution in [-0.4, -0.2) is 43.9 Å². The summed E-state index contributed by atoms with van der Waals surface area (Å²) in [6, 6.07) is 0. The predicted octanol–water partition coefficient (Wildman–Crippen LogP) is 0.767. The molecule has 0 spiro atoms. The third-order valence-electron chi connectivity index (χ3n) is 3.41. The van der Waals surface area contributed by atoms with Crippen molar-refractivity contribution in [2.45, 2.75) is 43.1 Å². The van der Waals surface area contributed by atoms with Crippen molar-refractivity contribution in [1.82, 2.24) is 19.7 Å². The van der Waals surface area contributed by atoms with E-state index in [0.717, 1.165) is 36.9 Å². The lowest BCUT2D eigenvalue weighted by molar-refractivity contribution is -0.131. The summed E-state index contributed by atoms with van der Waals surface area (Å²) in [5, 5.41) is 8.70. The SMILES string of the molecule is CC(Sc1nnc(CN)n1C)C(=O)N1CCCCC1. The number of piperidine rings is 1. The van der Waals surface area contributed by atoms with Gasteiger partial charge in [0.15, 0.2) is 5.16 Å². The van der Waals surface area contributed by atoms with E-state index in [1.807, 2.05) is 23.4 Å². The van der Waals surface area contributed by atoms with E-state index in [9.17, 15) is 4.79 Å². The molecular formula is C12H21N5OS. The first kappa shape index (κ1) is 14.3. The molecule has 2 heterocycles. The molecule has 1 saturated heterocycles. The van der Waals surface area contributed by atoms with E-state index in [-0.39, 0.29) is 11.2 Å². The highest BCUT2D eigenvalue weighted by Gasteiger charge is 2.24. The Morgan fingerprint density at radius 2 is 2.05 bits per heavy atom. The maximum Gasteiger partial charge on any atom is 0.235 e. The highest BCUT2D eigenvalue weighted by Crippen LogP contribution is 2.24. The molecule has 1 amide bonds. The zero-order valence-electron chi connectivity index (χ0n) is 11.5. The topological polar surface area (TPSA) is 77.0 Å². The van der Waals surface area contributed by atoms with Gasteiger partial charge in [-0.15, -0.1) is 10.2 Å². The maximum absolute atomic E-state index is 12.3. The summed E-state index contributed by atoms with van der Waals surface area (Å²) in [7, 11) is 1.88. The first-order valence-corrected chi connectivity index (χ1v) is 7.55. The van der Waals surface area contributed by atoms with Gasteiger partial charge in [-0.1, -0.05) is 11.8 Å². The number of likely N-dealkylation sites (tertiary alicyclic amines) is 1. The van der Waals surface area contributed by atoms with Crippen LogP contribution in [0.3, 0.4) is 0 Å². The molecular weight excluding hydrogens is 262 g/mol. The van der Waals surface area contributed by atoms with Crippen molar-refractivity contribution in [3.63, 3.8) is 0 Å². The minimum atomic E-state index is -0.133. The zero-order valence-corrected chi connectivity index (χ0v) is 12.3. The average Bonchev–Trinajstić information content (AvgIpc) is 2.79. The lowest BCUT2D eigenvalue weighted by Gasteiger charge is -2.28. The van der Waals surface area contributed by atoms with Gasteiger partial charge in [-0.3, -0.25) is 4.79 Å². The standard InChI is InChI=1S/C12H21N5OS/c1-9(11(18)17-6-4-3-5-7-17)19-12-15-14-10(8-13)16(12)2/h9H,3-8,13H2,1-2H3. The molecule has 7 heteroatoms. The first-order valence-electron chi connectivity index (χ1n) is 6.67. The van der Waals surface area contributed by atoms with Crippen molar-refractivity contribution in [3.8, 4) is 0 Å². The number of hydrogen-bond acceptors (Lipinski definition) is 5. The first-order chi connectivity index (χ1) is 9.13. The molecule has 1 aliphatic heterocycles. The second-order valence-corrected chi connectivity index (χ2v) is 6.12. The summed E-state index contributed by atoms with van der Waals surface area (Å²) >= 11 is 1.45. The molecule has 19 heavy (non-hydrogen) atoms. The van der Waals surface area contributed by atoms with Gasteiger partial charge < -0.3 is 15.2 Å². The number of nitrogens with zero attached hydrogens (tertiary/aromatic N) is 4. The monoisotopic (exact) mass is 283 g/mol. The number of amides is 1. The van der Waals surface area contributed by atoms with Crippen molar-refractivity contribution in [1.29, 1.82) is 0 Å². The third-order valence-corrected chi connectivity index (χ3v) is 4.53. The van der Waals surface area contributed by atoms with Crippen LogP contribution in [0.25, 0.3) is 0 Å². The molecule has 0 radical (unpaired) electrons. The highest BCUT2D eigenvalue weighted by molar-refractivity contribution is 8.00. The van der Waals surface area contributed by atoms with E-state index in [0.29, 0.717) is 6.54 Å². The number of rotatable bonds is 4. The molecule has 1 aromatic rings. The molecule has 0 saturated carbocycles. The van der Waals surface area contributed by atoms with Crippen molar-refractivity contribution >= 4 is 17.7 Å². The summed E-state index contributed by atoms with van der Waals surface area (Å²) in [6.45, 7) is 4.06. The summed E-state index contributed by atoms with van der Waals surface area (Å²) < 4.78 is 1.85. The number of hydrogen-bond donors (Lipinski definition) is 1. The molecule has 1 fully saturated rings. The maximum atomic E-state index is 12.3. The molecule has 1 aromatic heterocycles. The largest absolute Gasteiger partial charge is 0.342 e. The Bertz CT molecular complexity index is 441. The van der Waals surface area contributed by atoms with Crippen LogP contribution in [0.2, 0.25) is 0 Å². The van der Waals surface area contributed by atoms with Crippen LogP contribution in [-0.2, 0) is 18.4 Å². The summed E-state index contributed by atoms with van der Waals surface area (Å²) in [6.07, 6.45) is 3.46. The van der Waals surface area contributed by atoms with Crippen LogP contribution in [0, 0.1) is 0 Å². The van der Waals surface area contributed by atoms with Crippen LogP contribution in [0.4, 0.5) is 0 Å². The third kappa shape index (κ3) is 3.27. The van der Waals surface area contributed by atoms with Gasteiger partial charge in [-0.05, 0) is 26.2 Å². The summed E-state index contributed by atoms with van der Waals surface area (Å²) in [5.74, 6) is 0.933. The molecule has 1 atom stereocenters. The van der Waals surface area contributed by atoms with Crippen molar-refractivity contribution < 1.29 is 4.79 Å². The smallest absolute Gasteiger partial charge is 0.235 e. The van der Waals surface area contributed by atoms with Gasteiger partial charge in [0.1, 0.15) is 5.82 Å². The second kappa shape index (κ2) is 6.38. The molecule has 6 nitrogen and oxygen atoms in total. The number of carbonyl (C=O) groups excluding carboxylic acids is 1. The Hall–Kier alpha value is -1.08. The van der Waals surface area contributed by atoms with Crippen LogP contribution >= 0.6 is 11.8 Å². The molecule has 0 bridgehead atoms. The lowest BCUT2D eigenvalue weighted by atomic mass is 10.1.